The molecule has 0 radical (unpaired) electrons. The van der Waals surface area contributed by atoms with Crippen molar-refractivity contribution < 1.29 is 36.9 Å². The van der Waals surface area contributed by atoms with Crippen molar-refractivity contribution >= 4 is 17.6 Å². The Morgan fingerprint density at radius 1 is 1.02 bits per heavy atom. The summed E-state index contributed by atoms with van der Waals surface area (Å²) in [6.07, 6.45) is -0.233. The number of aliphatic carboxylic acids is 1. The zero-order valence-electron chi connectivity index (χ0n) is 24.3. The lowest BCUT2D eigenvalue weighted by atomic mass is 10.1. The van der Waals surface area contributed by atoms with Crippen molar-refractivity contribution in [3.8, 4) is 11.5 Å². The maximum Gasteiger partial charge on any atom is 0.490 e. The van der Waals surface area contributed by atoms with Crippen molar-refractivity contribution in [2.45, 2.75) is 63.5 Å². The van der Waals surface area contributed by atoms with Crippen molar-refractivity contribution in [2.24, 2.45) is 0 Å². The SMILES string of the molecule is COc1ccc(OC2CCN(c3nc4c(nc3NC3CC3)CCN(Cc3ccccc3)C4)CC2)c(F)c1.O=C(O)C(F)(F)F. The molecule has 6 rings (SSSR count). The molecule has 2 N–H and O–H groups in total. The first-order chi connectivity index (χ1) is 21.1. The maximum absolute atomic E-state index is 14.4. The van der Waals surface area contributed by atoms with Crippen molar-refractivity contribution in [1.82, 2.24) is 14.9 Å². The number of carbonyl (C=O) groups is 1. The molecule has 1 aromatic heterocycles. The monoisotopic (exact) mass is 617 g/mol. The van der Waals surface area contributed by atoms with Gasteiger partial charge in [0.15, 0.2) is 23.2 Å². The molecule has 0 spiro atoms. The van der Waals surface area contributed by atoms with Gasteiger partial charge in [0.05, 0.1) is 18.5 Å². The zero-order chi connectivity index (χ0) is 31.3. The number of fused-ring (bicyclic) bond motifs is 1. The van der Waals surface area contributed by atoms with Gasteiger partial charge in [0.1, 0.15) is 11.9 Å². The number of methoxy groups -OCH3 is 1. The molecule has 1 saturated carbocycles. The van der Waals surface area contributed by atoms with Gasteiger partial charge in [-0.05, 0) is 30.5 Å². The Bertz CT molecular complexity index is 1430. The molecule has 2 fully saturated rings. The second kappa shape index (κ2) is 13.7. The molecule has 236 valence electrons. The van der Waals surface area contributed by atoms with Crippen molar-refractivity contribution in [3.05, 3.63) is 71.3 Å². The second-order valence-corrected chi connectivity index (χ2v) is 11.1. The Kier molecular flexibility index (Phi) is 9.72. The van der Waals surface area contributed by atoms with Gasteiger partial charge in [-0.1, -0.05) is 30.3 Å². The largest absolute Gasteiger partial charge is 0.497 e. The average Bonchev–Trinajstić information content (AvgIpc) is 3.83. The molecule has 3 aromatic rings. The molecule has 3 aliphatic rings. The molecule has 1 aliphatic carbocycles. The summed E-state index contributed by atoms with van der Waals surface area (Å²) in [5.74, 6) is -0.517. The lowest BCUT2D eigenvalue weighted by Gasteiger charge is -2.35. The highest BCUT2D eigenvalue weighted by Gasteiger charge is 2.38. The van der Waals surface area contributed by atoms with Crippen LogP contribution in [0.4, 0.5) is 29.2 Å². The van der Waals surface area contributed by atoms with Crippen molar-refractivity contribution in [1.29, 1.82) is 0 Å². The van der Waals surface area contributed by atoms with Crippen LogP contribution in [0.3, 0.4) is 0 Å². The van der Waals surface area contributed by atoms with Gasteiger partial charge in [0.2, 0.25) is 0 Å². The third-order valence-corrected chi connectivity index (χ3v) is 7.65. The molecule has 0 bridgehead atoms. The van der Waals surface area contributed by atoms with E-state index in [2.05, 4.69) is 45.4 Å². The Balaban J connectivity index is 0.000000493. The molecule has 1 saturated heterocycles. The van der Waals surface area contributed by atoms with Crippen molar-refractivity contribution in [3.63, 3.8) is 0 Å². The molecule has 9 nitrogen and oxygen atoms in total. The van der Waals surface area contributed by atoms with Crippen LogP contribution in [0.15, 0.2) is 48.5 Å². The summed E-state index contributed by atoms with van der Waals surface area (Å²) in [5, 5.41) is 10.8. The smallest absolute Gasteiger partial charge is 0.490 e. The third-order valence-electron chi connectivity index (χ3n) is 7.65. The molecule has 44 heavy (non-hydrogen) atoms. The van der Waals surface area contributed by atoms with Crippen molar-refractivity contribution in [2.75, 3.05) is 37.0 Å². The van der Waals surface area contributed by atoms with E-state index < -0.39 is 18.0 Å². The summed E-state index contributed by atoms with van der Waals surface area (Å²) < 4.78 is 57.3. The van der Waals surface area contributed by atoms with Gasteiger partial charge in [0, 0.05) is 64.1 Å². The summed E-state index contributed by atoms with van der Waals surface area (Å²) in [5.41, 5.74) is 3.52. The highest BCUT2D eigenvalue weighted by atomic mass is 19.4. The van der Waals surface area contributed by atoms with Crippen LogP contribution >= 0.6 is 0 Å². The van der Waals surface area contributed by atoms with E-state index in [0.717, 1.165) is 75.0 Å². The standard InChI is InChI=1S/C29H34FN5O2.C2HF3O2/c1-36-23-9-10-27(24(30)17-23)37-22-11-15-35(16-12-22)29-28(31-21-7-8-21)32-25-13-14-34(19-26(25)33-29)18-20-5-3-2-4-6-20;3-2(4,5)1(6)7/h2-6,9-10,17,21-22H,7-8,11-16,18-19H2,1H3,(H,31,32);(H,6,7). The Hall–Kier alpha value is -4.13. The van der Waals surface area contributed by atoms with E-state index in [1.165, 1.54) is 31.6 Å². The first-order valence-corrected chi connectivity index (χ1v) is 14.6. The van der Waals surface area contributed by atoms with E-state index in [1.54, 1.807) is 12.1 Å². The number of anilines is 2. The summed E-state index contributed by atoms with van der Waals surface area (Å²) in [6.45, 7) is 4.31. The van der Waals surface area contributed by atoms with Crippen LogP contribution in [0.5, 0.6) is 11.5 Å². The number of hydrogen-bond donors (Lipinski definition) is 2. The van der Waals surface area contributed by atoms with E-state index in [0.29, 0.717) is 11.8 Å². The minimum atomic E-state index is -5.08. The number of alkyl halides is 3. The fourth-order valence-corrected chi connectivity index (χ4v) is 5.16. The van der Waals surface area contributed by atoms with Crippen LogP contribution < -0.4 is 19.7 Å². The third kappa shape index (κ3) is 8.28. The first kappa shape index (κ1) is 31.3. The summed E-state index contributed by atoms with van der Waals surface area (Å²) in [7, 11) is 1.53. The van der Waals surface area contributed by atoms with E-state index in [9.17, 15) is 17.6 Å². The number of carboxylic acids is 1. The van der Waals surface area contributed by atoms with Gasteiger partial charge >= 0.3 is 12.1 Å². The molecule has 2 aromatic carbocycles. The number of nitrogens with one attached hydrogen (secondary N) is 1. The Labute approximate surface area is 252 Å². The molecule has 0 atom stereocenters. The Morgan fingerprint density at radius 2 is 1.73 bits per heavy atom. The maximum atomic E-state index is 14.4. The predicted molar refractivity (Wildman–Crippen MR) is 155 cm³/mol. The molecule has 2 aliphatic heterocycles. The quantitative estimate of drug-likeness (QED) is 0.320. The zero-order valence-corrected chi connectivity index (χ0v) is 24.3. The lowest BCUT2D eigenvalue weighted by Crippen LogP contribution is -2.40. The number of carboxylic acid groups (broad SMARTS) is 1. The molecule has 3 heterocycles. The normalized spacial score (nSPS) is 17.2. The van der Waals surface area contributed by atoms with Crippen LogP contribution in [-0.4, -0.2) is 71.0 Å². The van der Waals surface area contributed by atoms with Crippen LogP contribution in [-0.2, 0) is 24.3 Å². The van der Waals surface area contributed by atoms with E-state index in [4.69, 9.17) is 29.3 Å². The first-order valence-electron chi connectivity index (χ1n) is 14.6. The van der Waals surface area contributed by atoms with Crippen LogP contribution in [0.2, 0.25) is 0 Å². The van der Waals surface area contributed by atoms with Gasteiger partial charge in [-0.25, -0.2) is 19.2 Å². The summed E-state index contributed by atoms with van der Waals surface area (Å²) >= 11 is 0. The molecule has 0 unspecified atom stereocenters. The van der Waals surface area contributed by atoms with E-state index in [-0.39, 0.29) is 11.9 Å². The van der Waals surface area contributed by atoms with Gasteiger partial charge in [-0.15, -0.1) is 0 Å². The number of benzene rings is 2. The predicted octanol–water partition coefficient (Wildman–Crippen LogP) is 5.44. The minimum Gasteiger partial charge on any atom is -0.497 e. The molecular weight excluding hydrogens is 582 g/mol. The van der Waals surface area contributed by atoms with Crippen LogP contribution in [0, 0.1) is 5.82 Å². The van der Waals surface area contributed by atoms with Crippen LogP contribution in [0.25, 0.3) is 0 Å². The molecule has 0 amide bonds. The molecule has 13 heteroatoms. The minimum absolute atomic E-state index is 0.0362. The fraction of sp³-hybridized carbons (Fsp3) is 0.452. The number of piperidine rings is 1. The van der Waals surface area contributed by atoms with E-state index in [1.807, 2.05) is 0 Å². The highest BCUT2D eigenvalue weighted by molar-refractivity contribution is 5.73. The Morgan fingerprint density at radius 3 is 2.34 bits per heavy atom. The van der Waals surface area contributed by atoms with Gasteiger partial charge < -0.3 is 24.8 Å². The topological polar surface area (TPSA) is 100 Å². The van der Waals surface area contributed by atoms with Gasteiger partial charge in [0.25, 0.3) is 0 Å². The van der Waals surface area contributed by atoms with Crippen LogP contribution in [0.1, 0.15) is 42.6 Å². The summed E-state index contributed by atoms with van der Waals surface area (Å²) in [6, 6.07) is 15.9. The van der Waals surface area contributed by atoms with Gasteiger partial charge in [-0.2, -0.15) is 13.2 Å². The average molecular weight is 618 g/mol. The second-order valence-electron chi connectivity index (χ2n) is 11.1. The number of hydrogen-bond acceptors (Lipinski definition) is 8. The number of aromatic nitrogens is 2. The number of ether oxygens (including phenoxy) is 2. The summed E-state index contributed by atoms with van der Waals surface area (Å²) in [4.78, 5) is 24.0. The highest BCUT2D eigenvalue weighted by Crippen LogP contribution is 2.34. The number of rotatable bonds is 8. The molecular formula is C31H35F4N5O4. The fourth-order valence-electron chi connectivity index (χ4n) is 5.16. The number of halogens is 4. The van der Waals surface area contributed by atoms with E-state index >= 15 is 0 Å². The lowest BCUT2D eigenvalue weighted by molar-refractivity contribution is -0.192. The number of nitrogens with zero attached hydrogens (tertiary/aromatic N) is 4. The van der Waals surface area contributed by atoms with Gasteiger partial charge in [-0.3, -0.25) is 4.90 Å².